The van der Waals surface area contributed by atoms with E-state index in [4.69, 9.17) is 18.5 Å². The molecule has 0 bridgehead atoms. The molecular formula is C64H108NO8P. The number of hydrogen-bond acceptors (Lipinski definition) is 8. The van der Waals surface area contributed by atoms with Gasteiger partial charge in [-0.3, -0.25) is 14.2 Å². The van der Waals surface area contributed by atoms with Crippen LogP contribution in [0.15, 0.2) is 122 Å². The summed E-state index contributed by atoms with van der Waals surface area (Å²) in [4.78, 5) is 37.9. The Labute approximate surface area is 454 Å². The molecule has 422 valence electrons. The number of quaternary nitrogens is 1. The summed E-state index contributed by atoms with van der Waals surface area (Å²) in [5, 5.41) is 0. The first-order valence-electron chi connectivity index (χ1n) is 29.2. The van der Waals surface area contributed by atoms with Gasteiger partial charge in [0.15, 0.2) is 6.10 Å². The number of carbonyl (C=O) groups is 2. The number of nitrogens with zero attached hydrogens (tertiary/aromatic N) is 1. The Kier molecular flexibility index (Phi) is 51.6. The van der Waals surface area contributed by atoms with E-state index >= 15 is 0 Å². The van der Waals surface area contributed by atoms with Gasteiger partial charge < -0.3 is 27.9 Å². The first-order chi connectivity index (χ1) is 36.0. The summed E-state index contributed by atoms with van der Waals surface area (Å²) >= 11 is 0. The minimum Gasteiger partial charge on any atom is -0.756 e. The van der Waals surface area contributed by atoms with E-state index in [-0.39, 0.29) is 26.1 Å². The van der Waals surface area contributed by atoms with Gasteiger partial charge in [0.2, 0.25) is 0 Å². The van der Waals surface area contributed by atoms with Crippen molar-refractivity contribution in [1.82, 2.24) is 0 Å². The number of hydrogen-bond donors (Lipinski definition) is 0. The maximum Gasteiger partial charge on any atom is 0.306 e. The van der Waals surface area contributed by atoms with E-state index in [2.05, 4.69) is 135 Å². The van der Waals surface area contributed by atoms with Gasteiger partial charge >= 0.3 is 11.9 Å². The zero-order chi connectivity index (χ0) is 54.2. The summed E-state index contributed by atoms with van der Waals surface area (Å²) in [6, 6.07) is 0. The van der Waals surface area contributed by atoms with Crippen LogP contribution in [0.1, 0.15) is 219 Å². The minimum absolute atomic E-state index is 0.0453. The second-order valence-electron chi connectivity index (χ2n) is 20.2. The van der Waals surface area contributed by atoms with Gasteiger partial charge in [-0.05, 0) is 103 Å². The molecule has 9 nitrogen and oxygen atoms in total. The summed E-state index contributed by atoms with van der Waals surface area (Å²) < 4.78 is 34.1. The van der Waals surface area contributed by atoms with E-state index in [1.165, 1.54) is 89.9 Å². The van der Waals surface area contributed by atoms with Gasteiger partial charge in [0, 0.05) is 12.8 Å². The number of ether oxygens (including phenoxy) is 2. The quantitative estimate of drug-likeness (QED) is 0.0195. The molecule has 0 amide bonds. The van der Waals surface area contributed by atoms with Crippen LogP contribution in [0, 0.1) is 0 Å². The van der Waals surface area contributed by atoms with E-state index in [1.807, 2.05) is 21.1 Å². The van der Waals surface area contributed by atoms with Crippen molar-refractivity contribution < 1.29 is 42.1 Å². The molecule has 0 aromatic heterocycles. The minimum atomic E-state index is -4.66. The monoisotopic (exact) mass is 1050 g/mol. The third-order valence-electron chi connectivity index (χ3n) is 12.0. The van der Waals surface area contributed by atoms with Gasteiger partial charge in [-0.1, -0.05) is 225 Å². The Hall–Kier alpha value is -3.59. The van der Waals surface area contributed by atoms with Crippen LogP contribution in [0.2, 0.25) is 0 Å². The molecule has 0 N–H and O–H groups in total. The standard InChI is InChI=1S/C64H108NO8P/c1-6-8-10-12-14-16-18-20-22-24-26-28-29-30-31-32-33-34-35-37-38-40-42-44-46-48-50-52-54-56-63(66)70-60-62(61-72-74(68,69)71-59-58-65(3,4)5)73-64(67)57-55-53-51-49-47-45-43-41-39-36-27-25-23-21-19-17-15-13-11-9-7-2/h8-11,14-17,20-23,26-28,36,41,43,47,49,62H,6-7,12-13,18-19,24-25,29-35,37-40,42,44-46,48,50-61H2,1-5H3/b10-8-,11-9-,16-14-,17-15-,22-20-,23-21-,28-26-,36-27-,43-41-,49-47-. The van der Waals surface area contributed by atoms with Crippen LogP contribution in [0.25, 0.3) is 0 Å². The number of likely N-dealkylation sites (N-methyl/N-ethyl adjacent to an activating group) is 1. The van der Waals surface area contributed by atoms with Crippen LogP contribution in [0.3, 0.4) is 0 Å². The van der Waals surface area contributed by atoms with Crippen molar-refractivity contribution in [2.75, 3.05) is 47.5 Å². The molecule has 0 aliphatic rings. The number of phosphoric acid groups is 1. The summed E-state index contributed by atoms with van der Waals surface area (Å²) in [6.45, 7) is 3.95. The van der Waals surface area contributed by atoms with E-state index in [9.17, 15) is 19.0 Å². The molecule has 0 saturated heterocycles. The van der Waals surface area contributed by atoms with Crippen molar-refractivity contribution in [1.29, 1.82) is 0 Å². The van der Waals surface area contributed by atoms with Gasteiger partial charge in [-0.2, -0.15) is 0 Å². The molecular weight excluding hydrogens is 942 g/mol. The van der Waals surface area contributed by atoms with E-state index in [0.717, 1.165) is 96.3 Å². The molecule has 0 saturated carbocycles. The lowest BCUT2D eigenvalue weighted by atomic mass is 10.0. The summed E-state index contributed by atoms with van der Waals surface area (Å²) in [6.07, 6.45) is 76.8. The molecule has 2 atom stereocenters. The number of phosphoric ester groups is 1. The molecule has 10 heteroatoms. The fraction of sp³-hybridized carbons (Fsp3) is 0.656. The highest BCUT2D eigenvalue weighted by Gasteiger charge is 2.21. The second kappa shape index (κ2) is 54.2. The molecule has 0 heterocycles. The van der Waals surface area contributed by atoms with Gasteiger partial charge in [0.1, 0.15) is 19.8 Å². The molecule has 0 aromatic carbocycles. The highest BCUT2D eigenvalue weighted by Crippen LogP contribution is 2.38. The van der Waals surface area contributed by atoms with Crippen molar-refractivity contribution in [3.63, 3.8) is 0 Å². The fourth-order valence-electron chi connectivity index (χ4n) is 7.53. The predicted molar refractivity (Wildman–Crippen MR) is 314 cm³/mol. The van der Waals surface area contributed by atoms with Gasteiger partial charge in [0.25, 0.3) is 7.82 Å². The average Bonchev–Trinajstić information content (AvgIpc) is 3.36. The normalized spacial score (nSPS) is 14.2. The lowest BCUT2D eigenvalue weighted by molar-refractivity contribution is -0.870. The van der Waals surface area contributed by atoms with E-state index in [0.29, 0.717) is 17.4 Å². The fourth-order valence-corrected chi connectivity index (χ4v) is 8.26. The zero-order valence-electron chi connectivity index (χ0n) is 47.7. The zero-order valence-corrected chi connectivity index (χ0v) is 48.6. The lowest BCUT2D eigenvalue weighted by Gasteiger charge is -2.28. The molecule has 0 rings (SSSR count). The van der Waals surface area contributed by atoms with Gasteiger partial charge in [-0.25, -0.2) is 0 Å². The number of unbranched alkanes of at least 4 members (excludes halogenated alkanes) is 18. The first-order valence-corrected chi connectivity index (χ1v) is 30.7. The Morgan fingerprint density at radius 1 is 0.419 bits per heavy atom. The van der Waals surface area contributed by atoms with Crippen LogP contribution in [-0.2, 0) is 32.7 Å². The number of rotatable bonds is 52. The SMILES string of the molecule is CC/C=C\C/C=C\C/C=C\C/C=C\C/C=C\C/C=C\CCCCC(=O)OC(COC(=O)CCCCCCCCCCCCCCCCCC/C=C\C/C=C\C/C=C\C/C=C\CC)COP(=O)([O-])OCC[N+](C)(C)C. The first kappa shape index (κ1) is 70.4. The van der Waals surface area contributed by atoms with Crippen molar-refractivity contribution in [3.8, 4) is 0 Å². The van der Waals surface area contributed by atoms with Gasteiger partial charge in [0.05, 0.1) is 27.7 Å². The molecule has 2 unspecified atom stereocenters. The third-order valence-corrected chi connectivity index (χ3v) is 12.9. The highest BCUT2D eigenvalue weighted by molar-refractivity contribution is 7.45. The topological polar surface area (TPSA) is 111 Å². The molecule has 0 aromatic rings. The van der Waals surface area contributed by atoms with Crippen molar-refractivity contribution in [3.05, 3.63) is 122 Å². The number of esters is 2. The highest BCUT2D eigenvalue weighted by atomic mass is 31.2. The van der Waals surface area contributed by atoms with Crippen LogP contribution < -0.4 is 4.89 Å². The van der Waals surface area contributed by atoms with Crippen LogP contribution in [-0.4, -0.2) is 70.0 Å². The van der Waals surface area contributed by atoms with Gasteiger partial charge in [-0.15, -0.1) is 0 Å². The lowest BCUT2D eigenvalue weighted by Crippen LogP contribution is -2.37. The average molecular weight is 1050 g/mol. The summed E-state index contributed by atoms with van der Waals surface area (Å²) in [7, 11) is 1.12. The number of carbonyl (C=O) groups excluding carboxylic acids is 2. The Bertz CT molecular complexity index is 1660. The smallest absolute Gasteiger partial charge is 0.306 e. The summed E-state index contributed by atoms with van der Waals surface area (Å²) in [5.74, 6) is -0.889. The van der Waals surface area contributed by atoms with Crippen molar-refractivity contribution >= 4 is 19.8 Å². The Balaban J connectivity index is 4.20. The predicted octanol–water partition coefficient (Wildman–Crippen LogP) is 17.7. The molecule has 0 aliphatic heterocycles. The Morgan fingerprint density at radius 3 is 1.11 bits per heavy atom. The molecule has 0 radical (unpaired) electrons. The largest absolute Gasteiger partial charge is 0.756 e. The molecule has 0 fully saturated rings. The molecule has 74 heavy (non-hydrogen) atoms. The van der Waals surface area contributed by atoms with Crippen molar-refractivity contribution in [2.24, 2.45) is 0 Å². The van der Waals surface area contributed by atoms with Crippen LogP contribution in [0.4, 0.5) is 0 Å². The maximum absolute atomic E-state index is 12.8. The second-order valence-corrected chi connectivity index (χ2v) is 21.7. The maximum atomic E-state index is 12.8. The van der Waals surface area contributed by atoms with E-state index in [1.54, 1.807) is 0 Å². The molecule has 0 spiro atoms. The van der Waals surface area contributed by atoms with Crippen molar-refractivity contribution in [2.45, 2.75) is 225 Å². The summed E-state index contributed by atoms with van der Waals surface area (Å²) in [5.41, 5.74) is 0. The molecule has 0 aliphatic carbocycles. The van der Waals surface area contributed by atoms with Crippen LogP contribution >= 0.6 is 7.82 Å². The Morgan fingerprint density at radius 2 is 0.730 bits per heavy atom. The number of allylic oxidation sites excluding steroid dienone is 20. The van der Waals surface area contributed by atoms with Crippen LogP contribution in [0.5, 0.6) is 0 Å². The van der Waals surface area contributed by atoms with E-state index < -0.39 is 32.5 Å². The third kappa shape index (κ3) is 57.7.